The minimum absolute atomic E-state index is 0.0422. The summed E-state index contributed by atoms with van der Waals surface area (Å²) in [6.07, 6.45) is -3.54. The van der Waals surface area contributed by atoms with Crippen LogP contribution >= 0.6 is 15.9 Å². The summed E-state index contributed by atoms with van der Waals surface area (Å²) in [5.74, 6) is 0. The van der Waals surface area contributed by atoms with Gasteiger partial charge in [-0.2, -0.15) is 13.2 Å². The first-order valence-corrected chi connectivity index (χ1v) is 4.90. The van der Waals surface area contributed by atoms with Crippen LogP contribution in [0, 0.1) is 0 Å². The lowest BCUT2D eigenvalue weighted by Gasteiger charge is -2.10. The fraction of sp³-hybridized carbons (Fsp3) is 0.100. The standard InChI is InChI=1S/C10H5BrF3N/c11-9-6-3-1-2-4-8(6)15-5-7(9)10(12,13)14/h1-5H. The van der Waals surface area contributed by atoms with Gasteiger partial charge in [-0.05, 0) is 22.0 Å². The van der Waals surface area contributed by atoms with Crippen molar-refractivity contribution in [1.29, 1.82) is 0 Å². The molecule has 0 aliphatic heterocycles. The zero-order chi connectivity index (χ0) is 11.1. The van der Waals surface area contributed by atoms with E-state index >= 15 is 0 Å². The Labute approximate surface area is 92.1 Å². The molecular weight excluding hydrogens is 271 g/mol. The van der Waals surface area contributed by atoms with Gasteiger partial charge in [-0.25, -0.2) is 0 Å². The molecule has 0 saturated carbocycles. The van der Waals surface area contributed by atoms with Crippen molar-refractivity contribution >= 4 is 26.8 Å². The predicted octanol–water partition coefficient (Wildman–Crippen LogP) is 4.02. The largest absolute Gasteiger partial charge is 0.419 e. The lowest BCUT2D eigenvalue weighted by molar-refractivity contribution is -0.138. The lowest BCUT2D eigenvalue weighted by atomic mass is 10.1. The molecule has 0 aliphatic rings. The Morgan fingerprint density at radius 2 is 1.80 bits per heavy atom. The number of hydrogen-bond donors (Lipinski definition) is 0. The van der Waals surface area contributed by atoms with Gasteiger partial charge in [-0.1, -0.05) is 18.2 Å². The number of hydrogen-bond acceptors (Lipinski definition) is 1. The molecule has 0 atom stereocenters. The van der Waals surface area contributed by atoms with E-state index in [1.54, 1.807) is 24.3 Å². The molecule has 0 bridgehead atoms. The Morgan fingerprint density at radius 3 is 2.47 bits per heavy atom. The molecule has 1 heterocycles. The monoisotopic (exact) mass is 275 g/mol. The van der Waals surface area contributed by atoms with Crippen LogP contribution in [0.1, 0.15) is 5.56 Å². The highest BCUT2D eigenvalue weighted by Crippen LogP contribution is 2.37. The predicted molar refractivity (Wildman–Crippen MR) is 54.4 cm³/mol. The summed E-state index contributed by atoms with van der Waals surface area (Å²) in [6, 6.07) is 6.67. The summed E-state index contributed by atoms with van der Waals surface area (Å²) in [5, 5.41) is 0.465. The number of nitrogens with zero attached hydrogens (tertiary/aromatic N) is 1. The van der Waals surface area contributed by atoms with Crippen LogP contribution in [0.15, 0.2) is 34.9 Å². The Balaban J connectivity index is 2.76. The van der Waals surface area contributed by atoms with Gasteiger partial charge in [0, 0.05) is 16.1 Å². The lowest BCUT2D eigenvalue weighted by Crippen LogP contribution is -2.06. The summed E-state index contributed by atoms with van der Waals surface area (Å²) >= 11 is 2.96. The maximum Gasteiger partial charge on any atom is 0.419 e. The molecule has 0 radical (unpaired) electrons. The third-order valence-electron chi connectivity index (χ3n) is 2.02. The van der Waals surface area contributed by atoms with Crippen molar-refractivity contribution in [3.8, 4) is 0 Å². The van der Waals surface area contributed by atoms with E-state index in [1.165, 1.54) is 0 Å². The van der Waals surface area contributed by atoms with Gasteiger partial charge in [0.05, 0.1) is 11.1 Å². The fourth-order valence-electron chi connectivity index (χ4n) is 1.31. The quantitative estimate of drug-likeness (QED) is 0.708. The normalized spacial score (nSPS) is 12.0. The van der Waals surface area contributed by atoms with Crippen LogP contribution in [0.2, 0.25) is 0 Å². The third-order valence-corrected chi connectivity index (χ3v) is 2.87. The minimum Gasteiger partial charge on any atom is -0.256 e. The smallest absolute Gasteiger partial charge is 0.256 e. The number of alkyl halides is 3. The molecule has 0 spiro atoms. The molecule has 1 nitrogen and oxygen atoms in total. The molecule has 5 heteroatoms. The summed E-state index contributed by atoms with van der Waals surface area (Å²) in [5.41, 5.74) is -0.210. The Kier molecular flexibility index (Phi) is 2.42. The van der Waals surface area contributed by atoms with Crippen molar-refractivity contribution in [3.63, 3.8) is 0 Å². The molecule has 0 N–H and O–H groups in total. The van der Waals surface area contributed by atoms with Crippen molar-refractivity contribution < 1.29 is 13.2 Å². The molecule has 0 fully saturated rings. The van der Waals surface area contributed by atoms with Gasteiger partial charge in [-0.3, -0.25) is 4.98 Å². The van der Waals surface area contributed by atoms with Gasteiger partial charge < -0.3 is 0 Å². The molecule has 1 aromatic heterocycles. The van der Waals surface area contributed by atoms with E-state index in [-0.39, 0.29) is 4.47 Å². The van der Waals surface area contributed by atoms with Crippen LogP contribution in [0.25, 0.3) is 10.9 Å². The van der Waals surface area contributed by atoms with E-state index in [4.69, 9.17) is 0 Å². The number of benzene rings is 1. The molecule has 0 aliphatic carbocycles. The van der Waals surface area contributed by atoms with E-state index in [2.05, 4.69) is 20.9 Å². The third kappa shape index (κ3) is 1.84. The molecule has 78 valence electrons. The average molecular weight is 276 g/mol. The van der Waals surface area contributed by atoms with Crippen LogP contribution in [-0.2, 0) is 6.18 Å². The second-order valence-electron chi connectivity index (χ2n) is 3.00. The van der Waals surface area contributed by atoms with Gasteiger partial charge in [0.25, 0.3) is 0 Å². The van der Waals surface area contributed by atoms with E-state index in [1.807, 2.05) is 0 Å². The van der Waals surface area contributed by atoms with Crippen molar-refractivity contribution in [1.82, 2.24) is 4.98 Å². The summed E-state index contributed by atoms with van der Waals surface area (Å²) in [4.78, 5) is 3.76. The van der Waals surface area contributed by atoms with Gasteiger partial charge in [0.2, 0.25) is 0 Å². The van der Waals surface area contributed by atoms with Gasteiger partial charge >= 0.3 is 6.18 Å². The number of para-hydroxylation sites is 1. The SMILES string of the molecule is FC(F)(F)c1cnc2ccccc2c1Br. The first kappa shape index (κ1) is 10.4. The molecular formula is C10H5BrF3N. The second kappa shape index (κ2) is 3.48. The maximum atomic E-state index is 12.5. The zero-order valence-corrected chi connectivity index (χ0v) is 8.93. The van der Waals surface area contributed by atoms with E-state index < -0.39 is 11.7 Å². The number of fused-ring (bicyclic) bond motifs is 1. The van der Waals surface area contributed by atoms with Crippen molar-refractivity contribution in [3.05, 3.63) is 40.5 Å². The van der Waals surface area contributed by atoms with Crippen LogP contribution in [0.5, 0.6) is 0 Å². The molecule has 0 amide bonds. The van der Waals surface area contributed by atoms with E-state index in [0.29, 0.717) is 10.9 Å². The molecule has 0 saturated heterocycles. The summed E-state index contributed by atoms with van der Waals surface area (Å²) < 4.78 is 37.6. The Bertz CT molecular complexity index is 507. The highest BCUT2D eigenvalue weighted by atomic mass is 79.9. The molecule has 2 aromatic rings. The van der Waals surface area contributed by atoms with E-state index in [9.17, 15) is 13.2 Å². The summed E-state index contributed by atoms with van der Waals surface area (Å²) in [7, 11) is 0. The highest BCUT2D eigenvalue weighted by molar-refractivity contribution is 9.10. The average Bonchev–Trinajstić information content (AvgIpc) is 2.16. The number of pyridine rings is 1. The minimum atomic E-state index is -4.38. The number of rotatable bonds is 0. The number of halogens is 4. The maximum absolute atomic E-state index is 12.5. The Hall–Kier alpha value is -1.10. The van der Waals surface area contributed by atoms with Crippen LogP contribution in [0.3, 0.4) is 0 Å². The Morgan fingerprint density at radius 1 is 1.13 bits per heavy atom. The van der Waals surface area contributed by atoms with Crippen molar-refractivity contribution in [2.45, 2.75) is 6.18 Å². The van der Waals surface area contributed by atoms with Crippen LogP contribution < -0.4 is 0 Å². The molecule has 1 aromatic carbocycles. The van der Waals surface area contributed by atoms with Gasteiger partial charge in [0.15, 0.2) is 0 Å². The van der Waals surface area contributed by atoms with Crippen molar-refractivity contribution in [2.24, 2.45) is 0 Å². The fourth-order valence-corrected chi connectivity index (χ4v) is 1.97. The van der Waals surface area contributed by atoms with Crippen molar-refractivity contribution in [2.75, 3.05) is 0 Å². The second-order valence-corrected chi connectivity index (χ2v) is 3.79. The van der Waals surface area contributed by atoms with Gasteiger partial charge in [-0.15, -0.1) is 0 Å². The van der Waals surface area contributed by atoms with E-state index in [0.717, 1.165) is 6.20 Å². The topological polar surface area (TPSA) is 12.9 Å². The number of aromatic nitrogens is 1. The highest BCUT2D eigenvalue weighted by Gasteiger charge is 2.34. The van der Waals surface area contributed by atoms with Crippen LogP contribution in [-0.4, -0.2) is 4.98 Å². The first-order chi connectivity index (χ1) is 7.00. The zero-order valence-electron chi connectivity index (χ0n) is 7.35. The molecule has 15 heavy (non-hydrogen) atoms. The molecule has 2 rings (SSSR count). The molecule has 0 unspecified atom stereocenters. The summed E-state index contributed by atoms with van der Waals surface area (Å²) in [6.45, 7) is 0. The van der Waals surface area contributed by atoms with Crippen LogP contribution in [0.4, 0.5) is 13.2 Å². The first-order valence-electron chi connectivity index (χ1n) is 4.10. The van der Waals surface area contributed by atoms with Gasteiger partial charge in [0.1, 0.15) is 0 Å².